The second kappa shape index (κ2) is 6.91. The second-order valence-corrected chi connectivity index (χ2v) is 7.52. The monoisotopic (exact) mass is 362 g/mol. The van der Waals surface area contributed by atoms with Crippen LogP contribution in [-0.2, 0) is 6.54 Å². The molecule has 0 N–H and O–H groups in total. The summed E-state index contributed by atoms with van der Waals surface area (Å²) in [5.41, 5.74) is 1.29. The van der Waals surface area contributed by atoms with Crippen LogP contribution in [0.1, 0.15) is 31.2 Å². The highest BCUT2D eigenvalue weighted by atomic mass is 35.5. The molecule has 2 aliphatic heterocycles. The molecule has 5 heteroatoms. The number of halogens is 2. The third-order valence-electron chi connectivity index (χ3n) is 5.12. The first kappa shape index (κ1) is 16.2. The van der Waals surface area contributed by atoms with Crippen LogP contribution in [0, 0.1) is 0 Å². The van der Waals surface area contributed by atoms with Gasteiger partial charge in [0.1, 0.15) is 11.9 Å². The molecule has 0 spiro atoms. The predicted molar refractivity (Wildman–Crippen MR) is 96.7 cm³/mol. The third-order valence-corrected chi connectivity index (χ3v) is 5.86. The van der Waals surface area contributed by atoms with Crippen molar-refractivity contribution in [2.45, 2.75) is 50.4 Å². The highest BCUT2D eigenvalue weighted by Crippen LogP contribution is 2.38. The number of hydrogen-bond donors (Lipinski definition) is 0. The quantitative estimate of drug-likeness (QED) is 0.768. The molecule has 0 saturated carbocycles. The Morgan fingerprint density at radius 3 is 2.54 bits per heavy atom. The van der Waals surface area contributed by atoms with E-state index in [1.54, 1.807) is 6.07 Å². The van der Waals surface area contributed by atoms with Crippen molar-refractivity contribution < 1.29 is 4.74 Å². The maximum Gasteiger partial charge on any atom is 0.121 e. The van der Waals surface area contributed by atoms with E-state index in [4.69, 9.17) is 27.9 Å². The molecule has 0 aliphatic carbocycles. The Morgan fingerprint density at radius 2 is 1.88 bits per heavy atom. The van der Waals surface area contributed by atoms with Crippen molar-refractivity contribution in [1.29, 1.82) is 0 Å². The lowest BCUT2D eigenvalue weighted by Gasteiger charge is -2.38. The van der Waals surface area contributed by atoms with Gasteiger partial charge in [-0.3, -0.25) is 9.88 Å². The molecular weight excluding hydrogens is 343 g/mol. The lowest BCUT2D eigenvalue weighted by Crippen LogP contribution is -2.45. The summed E-state index contributed by atoms with van der Waals surface area (Å²) < 4.78 is 6.19. The van der Waals surface area contributed by atoms with Gasteiger partial charge in [0.05, 0.1) is 10.0 Å². The lowest BCUT2D eigenvalue weighted by atomic mass is 9.99. The average molecular weight is 363 g/mol. The highest BCUT2D eigenvalue weighted by Gasteiger charge is 2.41. The van der Waals surface area contributed by atoms with Gasteiger partial charge in [0.25, 0.3) is 0 Å². The van der Waals surface area contributed by atoms with Crippen LogP contribution in [0.2, 0.25) is 10.0 Å². The first-order chi connectivity index (χ1) is 11.7. The molecule has 3 heterocycles. The molecule has 2 atom stereocenters. The van der Waals surface area contributed by atoms with Crippen LogP contribution in [0.25, 0.3) is 0 Å². The zero-order valence-corrected chi connectivity index (χ0v) is 14.9. The Hall–Kier alpha value is -1.29. The number of benzene rings is 1. The molecule has 2 aliphatic rings. The standard InChI is InChI=1S/C19H20Cl2N2O/c20-18-6-5-16(10-19(18)21)24-17-8-14-3-4-15(9-17)23(14)12-13-2-1-7-22-11-13/h1-2,5-7,10-11,14-15,17H,3-4,8-9,12H2. The molecule has 24 heavy (non-hydrogen) atoms. The van der Waals surface area contributed by atoms with Gasteiger partial charge in [-0.2, -0.15) is 0 Å². The van der Waals surface area contributed by atoms with Gasteiger partial charge in [0.2, 0.25) is 0 Å². The van der Waals surface area contributed by atoms with Crippen molar-refractivity contribution in [1.82, 2.24) is 9.88 Å². The number of piperidine rings is 1. The van der Waals surface area contributed by atoms with Crippen molar-refractivity contribution in [3.63, 3.8) is 0 Å². The van der Waals surface area contributed by atoms with Crippen LogP contribution in [-0.4, -0.2) is 28.1 Å². The number of ether oxygens (including phenoxy) is 1. The van der Waals surface area contributed by atoms with E-state index in [2.05, 4.69) is 16.0 Å². The van der Waals surface area contributed by atoms with Crippen LogP contribution < -0.4 is 4.74 Å². The van der Waals surface area contributed by atoms with Crippen molar-refractivity contribution in [3.05, 3.63) is 58.3 Å². The molecule has 2 bridgehead atoms. The molecule has 126 valence electrons. The number of hydrogen-bond acceptors (Lipinski definition) is 3. The Bertz CT molecular complexity index is 696. The number of rotatable bonds is 4. The third kappa shape index (κ3) is 3.39. The molecule has 0 radical (unpaired) electrons. The predicted octanol–water partition coefficient (Wildman–Crippen LogP) is 4.96. The lowest BCUT2D eigenvalue weighted by molar-refractivity contribution is 0.0445. The largest absolute Gasteiger partial charge is 0.490 e. The molecule has 3 nitrogen and oxygen atoms in total. The zero-order valence-electron chi connectivity index (χ0n) is 13.4. The SMILES string of the molecule is Clc1ccc(OC2CC3CCC(C2)N3Cc2cccnc2)cc1Cl. The first-order valence-corrected chi connectivity index (χ1v) is 9.21. The molecule has 2 fully saturated rings. The fourth-order valence-electron chi connectivity index (χ4n) is 4.02. The van der Waals surface area contributed by atoms with Crippen molar-refractivity contribution >= 4 is 23.2 Å². The van der Waals surface area contributed by atoms with E-state index in [-0.39, 0.29) is 6.10 Å². The molecule has 2 aromatic rings. The molecule has 2 unspecified atom stereocenters. The molecule has 1 aromatic heterocycles. The van der Waals surface area contributed by atoms with Gasteiger partial charge in [-0.1, -0.05) is 29.3 Å². The number of nitrogens with zero attached hydrogens (tertiary/aromatic N) is 2. The molecule has 4 rings (SSSR count). The van der Waals surface area contributed by atoms with Crippen LogP contribution in [0.5, 0.6) is 5.75 Å². The van der Waals surface area contributed by atoms with Gasteiger partial charge in [-0.05, 0) is 49.4 Å². The van der Waals surface area contributed by atoms with Gasteiger partial charge >= 0.3 is 0 Å². The number of pyridine rings is 1. The Morgan fingerprint density at radius 1 is 1.08 bits per heavy atom. The van der Waals surface area contributed by atoms with Crippen LogP contribution in [0.4, 0.5) is 0 Å². The Kier molecular flexibility index (Phi) is 4.66. The number of fused-ring (bicyclic) bond motifs is 2. The summed E-state index contributed by atoms with van der Waals surface area (Å²) in [6, 6.07) is 10.9. The summed E-state index contributed by atoms with van der Waals surface area (Å²) in [7, 11) is 0. The molecule has 2 saturated heterocycles. The van der Waals surface area contributed by atoms with E-state index in [1.165, 1.54) is 18.4 Å². The van der Waals surface area contributed by atoms with Crippen LogP contribution >= 0.6 is 23.2 Å². The fraction of sp³-hybridized carbons (Fsp3) is 0.421. The summed E-state index contributed by atoms with van der Waals surface area (Å²) in [5, 5.41) is 1.11. The van der Waals surface area contributed by atoms with E-state index in [9.17, 15) is 0 Å². The summed E-state index contributed by atoms with van der Waals surface area (Å²) in [6.07, 6.45) is 8.70. The van der Waals surface area contributed by atoms with Gasteiger partial charge in [0.15, 0.2) is 0 Å². The minimum absolute atomic E-state index is 0.255. The van der Waals surface area contributed by atoms with Gasteiger partial charge in [-0.25, -0.2) is 0 Å². The minimum Gasteiger partial charge on any atom is -0.490 e. The van der Waals surface area contributed by atoms with E-state index >= 15 is 0 Å². The van der Waals surface area contributed by atoms with E-state index < -0.39 is 0 Å². The van der Waals surface area contributed by atoms with Gasteiger partial charge < -0.3 is 4.74 Å². The van der Waals surface area contributed by atoms with Crippen molar-refractivity contribution in [2.24, 2.45) is 0 Å². The average Bonchev–Trinajstić information content (AvgIpc) is 2.81. The van der Waals surface area contributed by atoms with Crippen LogP contribution in [0.3, 0.4) is 0 Å². The molecular formula is C19H20Cl2N2O. The highest BCUT2D eigenvalue weighted by molar-refractivity contribution is 6.42. The second-order valence-electron chi connectivity index (χ2n) is 6.71. The zero-order chi connectivity index (χ0) is 16.5. The Balaban J connectivity index is 1.41. The maximum atomic E-state index is 6.19. The smallest absolute Gasteiger partial charge is 0.121 e. The Labute approximate surface area is 152 Å². The van der Waals surface area contributed by atoms with Gasteiger partial charge in [-0.15, -0.1) is 0 Å². The normalized spacial score (nSPS) is 26.5. The maximum absolute atomic E-state index is 6.19. The van der Waals surface area contributed by atoms with E-state index in [1.807, 2.05) is 30.6 Å². The topological polar surface area (TPSA) is 25.4 Å². The van der Waals surface area contributed by atoms with Crippen molar-refractivity contribution in [2.75, 3.05) is 0 Å². The number of aromatic nitrogens is 1. The van der Waals surface area contributed by atoms with Crippen LogP contribution in [0.15, 0.2) is 42.7 Å². The van der Waals surface area contributed by atoms with E-state index in [0.717, 1.165) is 25.1 Å². The minimum atomic E-state index is 0.255. The fourth-order valence-corrected chi connectivity index (χ4v) is 4.31. The summed E-state index contributed by atoms with van der Waals surface area (Å²) in [5.74, 6) is 0.814. The summed E-state index contributed by atoms with van der Waals surface area (Å²) in [4.78, 5) is 6.86. The van der Waals surface area contributed by atoms with E-state index in [0.29, 0.717) is 22.1 Å². The summed E-state index contributed by atoms with van der Waals surface area (Å²) >= 11 is 12.1. The summed E-state index contributed by atoms with van der Waals surface area (Å²) in [6.45, 7) is 0.989. The van der Waals surface area contributed by atoms with Crippen molar-refractivity contribution in [3.8, 4) is 5.75 Å². The molecule has 0 amide bonds. The first-order valence-electron chi connectivity index (χ1n) is 8.45. The molecule has 1 aromatic carbocycles. The van der Waals surface area contributed by atoms with Gasteiger partial charge in [0, 0.05) is 37.1 Å².